The van der Waals surface area contributed by atoms with Crippen molar-refractivity contribution in [1.82, 2.24) is 4.98 Å². The van der Waals surface area contributed by atoms with Crippen LogP contribution in [0.15, 0.2) is 18.3 Å². The fourth-order valence-electron chi connectivity index (χ4n) is 2.65. The highest BCUT2D eigenvalue weighted by atomic mass is 79.9. The number of hydrogen-bond donors (Lipinski definition) is 0. The van der Waals surface area contributed by atoms with E-state index in [-0.39, 0.29) is 0 Å². The summed E-state index contributed by atoms with van der Waals surface area (Å²) in [5, 5.41) is 0.879. The first-order chi connectivity index (χ1) is 8.22. The zero-order valence-electron chi connectivity index (χ0n) is 10.7. The lowest BCUT2D eigenvalue weighted by molar-refractivity contribution is 0.340. The molecular formula is C14H21BrN2. The van der Waals surface area contributed by atoms with Crippen molar-refractivity contribution in [3.8, 4) is 0 Å². The van der Waals surface area contributed by atoms with E-state index >= 15 is 0 Å². The molecule has 0 radical (unpaired) electrons. The fraction of sp³-hybridized carbons (Fsp3) is 0.643. The zero-order chi connectivity index (χ0) is 12.3. The Morgan fingerprint density at radius 2 is 2.06 bits per heavy atom. The molecule has 2 rings (SSSR count). The van der Waals surface area contributed by atoms with Gasteiger partial charge in [0, 0.05) is 30.2 Å². The van der Waals surface area contributed by atoms with Crippen molar-refractivity contribution in [2.45, 2.75) is 44.0 Å². The van der Waals surface area contributed by atoms with E-state index in [0.29, 0.717) is 6.04 Å². The molecular weight excluding hydrogens is 276 g/mol. The first-order valence-corrected chi connectivity index (χ1v) is 7.57. The predicted molar refractivity (Wildman–Crippen MR) is 76.7 cm³/mol. The van der Waals surface area contributed by atoms with Crippen LogP contribution in [0.3, 0.4) is 0 Å². The fourth-order valence-corrected chi connectivity index (χ4v) is 3.09. The van der Waals surface area contributed by atoms with Gasteiger partial charge in [-0.1, -0.05) is 28.9 Å². The maximum absolute atomic E-state index is 4.54. The molecule has 0 amide bonds. The number of pyridine rings is 1. The van der Waals surface area contributed by atoms with Gasteiger partial charge < -0.3 is 4.90 Å². The second kappa shape index (κ2) is 5.85. The average Bonchev–Trinajstić information content (AvgIpc) is 2.39. The van der Waals surface area contributed by atoms with Crippen LogP contribution in [0.4, 0.5) is 5.82 Å². The van der Waals surface area contributed by atoms with E-state index in [1.54, 1.807) is 0 Å². The molecule has 1 aromatic heterocycles. The van der Waals surface area contributed by atoms with E-state index in [1.165, 1.54) is 31.2 Å². The molecule has 0 aromatic carbocycles. The standard InChI is InChI=1S/C14H21BrN2/c1-11-5-7-13(8-6-11)17(2)14-12(10-15)4-3-9-16-14/h3-4,9,11,13H,5-8,10H2,1-2H3. The summed E-state index contributed by atoms with van der Waals surface area (Å²) in [6.45, 7) is 2.36. The van der Waals surface area contributed by atoms with Crippen LogP contribution in [0.5, 0.6) is 0 Å². The summed E-state index contributed by atoms with van der Waals surface area (Å²) in [4.78, 5) is 6.92. The second-order valence-corrected chi connectivity index (χ2v) is 5.71. The molecule has 0 saturated heterocycles. The lowest BCUT2D eigenvalue weighted by Gasteiger charge is -2.35. The van der Waals surface area contributed by atoms with Gasteiger partial charge in [-0.25, -0.2) is 4.98 Å². The van der Waals surface area contributed by atoms with Gasteiger partial charge in [-0.2, -0.15) is 0 Å². The van der Waals surface area contributed by atoms with Crippen LogP contribution in [-0.4, -0.2) is 18.1 Å². The molecule has 1 fully saturated rings. The highest BCUT2D eigenvalue weighted by Gasteiger charge is 2.23. The highest BCUT2D eigenvalue weighted by Crippen LogP contribution is 2.30. The van der Waals surface area contributed by atoms with Crippen LogP contribution in [0, 0.1) is 5.92 Å². The molecule has 1 aliphatic rings. The van der Waals surface area contributed by atoms with E-state index in [0.717, 1.165) is 17.1 Å². The molecule has 0 bridgehead atoms. The van der Waals surface area contributed by atoms with Crippen molar-refractivity contribution >= 4 is 21.7 Å². The number of rotatable bonds is 3. The summed E-state index contributed by atoms with van der Waals surface area (Å²) < 4.78 is 0. The van der Waals surface area contributed by atoms with Gasteiger partial charge in [-0.05, 0) is 37.7 Å². The van der Waals surface area contributed by atoms with Gasteiger partial charge in [0.05, 0.1) is 0 Å². The van der Waals surface area contributed by atoms with Crippen LogP contribution in [0.1, 0.15) is 38.2 Å². The third kappa shape index (κ3) is 3.01. The Balaban J connectivity index is 2.10. The molecule has 0 unspecified atom stereocenters. The van der Waals surface area contributed by atoms with Crippen LogP contribution >= 0.6 is 15.9 Å². The summed E-state index contributed by atoms with van der Waals surface area (Å²) in [7, 11) is 2.19. The average molecular weight is 297 g/mol. The van der Waals surface area contributed by atoms with Crippen LogP contribution in [-0.2, 0) is 5.33 Å². The largest absolute Gasteiger partial charge is 0.356 e. The van der Waals surface area contributed by atoms with Crippen LogP contribution < -0.4 is 4.90 Å². The van der Waals surface area contributed by atoms with E-state index in [1.807, 2.05) is 12.3 Å². The molecule has 1 aromatic rings. The lowest BCUT2D eigenvalue weighted by atomic mass is 9.86. The van der Waals surface area contributed by atoms with Crippen molar-refractivity contribution in [1.29, 1.82) is 0 Å². The Bertz CT molecular complexity index is 359. The Kier molecular flexibility index (Phi) is 4.43. The molecule has 94 valence electrons. The summed E-state index contributed by atoms with van der Waals surface area (Å²) in [5.74, 6) is 2.04. The summed E-state index contributed by atoms with van der Waals surface area (Å²) in [6.07, 6.45) is 7.20. The van der Waals surface area contributed by atoms with Gasteiger partial charge in [0.2, 0.25) is 0 Å². The Labute approximate surface area is 113 Å². The number of anilines is 1. The minimum absolute atomic E-state index is 0.666. The van der Waals surface area contributed by atoms with Gasteiger partial charge in [0.1, 0.15) is 5.82 Å². The monoisotopic (exact) mass is 296 g/mol. The molecule has 1 heterocycles. The maximum Gasteiger partial charge on any atom is 0.132 e. The first-order valence-electron chi connectivity index (χ1n) is 6.45. The molecule has 1 saturated carbocycles. The molecule has 2 nitrogen and oxygen atoms in total. The van der Waals surface area contributed by atoms with Crippen molar-refractivity contribution in [2.24, 2.45) is 5.92 Å². The van der Waals surface area contributed by atoms with Crippen molar-refractivity contribution in [3.05, 3.63) is 23.9 Å². The third-order valence-corrected chi connectivity index (χ3v) is 4.48. The minimum Gasteiger partial charge on any atom is -0.356 e. The van der Waals surface area contributed by atoms with E-state index in [9.17, 15) is 0 Å². The topological polar surface area (TPSA) is 16.1 Å². The SMILES string of the molecule is CC1CCC(N(C)c2ncccc2CBr)CC1. The van der Waals surface area contributed by atoms with Crippen molar-refractivity contribution < 1.29 is 0 Å². The first kappa shape index (κ1) is 12.9. The third-order valence-electron chi connectivity index (χ3n) is 3.88. The van der Waals surface area contributed by atoms with Crippen molar-refractivity contribution in [2.75, 3.05) is 11.9 Å². The molecule has 0 atom stereocenters. The Morgan fingerprint density at radius 1 is 1.35 bits per heavy atom. The number of alkyl halides is 1. The van der Waals surface area contributed by atoms with Gasteiger partial charge in [0.25, 0.3) is 0 Å². The lowest BCUT2D eigenvalue weighted by Crippen LogP contribution is -2.35. The van der Waals surface area contributed by atoms with Crippen LogP contribution in [0.2, 0.25) is 0 Å². The summed E-state index contributed by atoms with van der Waals surface area (Å²) >= 11 is 3.54. The molecule has 0 N–H and O–H groups in total. The second-order valence-electron chi connectivity index (χ2n) is 5.14. The van der Waals surface area contributed by atoms with Gasteiger partial charge >= 0.3 is 0 Å². The van der Waals surface area contributed by atoms with Gasteiger partial charge in [-0.15, -0.1) is 0 Å². The zero-order valence-corrected chi connectivity index (χ0v) is 12.3. The van der Waals surface area contributed by atoms with Crippen LogP contribution in [0.25, 0.3) is 0 Å². The number of nitrogens with zero attached hydrogens (tertiary/aromatic N) is 2. The minimum atomic E-state index is 0.666. The molecule has 0 spiro atoms. The summed E-state index contributed by atoms with van der Waals surface area (Å²) in [5.41, 5.74) is 1.29. The molecule has 17 heavy (non-hydrogen) atoms. The molecule has 1 aliphatic carbocycles. The Morgan fingerprint density at radius 3 is 2.71 bits per heavy atom. The highest BCUT2D eigenvalue weighted by molar-refractivity contribution is 9.08. The smallest absolute Gasteiger partial charge is 0.132 e. The quantitative estimate of drug-likeness (QED) is 0.784. The van der Waals surface area contributed by atoms with E-state index in [2.05, 4.69) is 45.9 Å². The number of aromatic nitrogens is 1. The van der Waals surface area contributed by atoms with Gasteiger partial charge in [0.15, 0.2) is 0 Å². The number of halogens is 1. The van der Waals surface area contributed by atoms with E-state index in [4.69, 9.17) is 0 Å². The van der Waals surface area contributed by atoms with Crippen molar-refractivity contribution in [3.63, 3.8) is 0 Å². The maximum atomic E-state index is 4.54. The normalized spacial score (nSPS) is 24.6. The van der Waals surface area contributed by atoms with E-state index < -0.39 is 0 Å². The molecule has 0 aliphatic heterocycles. The number of hydrogen-bond acceptors (Lipinski definition) is 2. The summed E-state index contributed by atoms with van der Waals surface area (Å²) in [6, 6.07) is 4.83. The molecule has 3 heteroatoms. The van der Waals surface area contributed by atoms with Gasteiger partial charge in [-0.3, -0.25) is 0 Å². The Hall–Kier alpha value is -0.570. The predicted octanol–water partition coefficient (Wildman–Crippen LogP) is 3.99.